The molecule has 1 atom stereocenters. The van der Waals surface area contributed by atoms with Crippen molar-refractivity contribution in [3.63, 3.8) is 0 Å². The topological polar surface area (TPSA) is 41.1 Å². The molecule has 2 amide bonds. The fraction of sp³-hybridized carbons (Fsp3) is 0.444. The van der Waals surface area contributed by atoms with Crippen LogP contribution in [0.15, 0.2) is 12.1 Å². The SMILES string of the molecule is CCc1ccc(C2CNC(=O)N2)s1. The summed E-state index contributed by atoms with van der Waals surface area (Å²) in [5.74, 6) is 0. The molecule has 0 bridgehead atoms. The van der Waals surface area contributed by atoms with Gasteiger partial charge in [0.25, 0.3) is 0 Å². The van der Waals surface area contributed by atoms with Crippen molar-refractivity contribution in [1.29, 1.82) is 0 Å². The third-order valence-electron chi connectivity index (χ3n) is 2.15. The lowest BCUT2D eigenvalue weighted by atomic mass is 10.2. The minimum absolute atomic E-state index is 0.0588. The third kappa shape index (κ3) is 1.67. The Morgan fingerprint density at radius 3 is 3.00 bits per heavy atom. The minimum Gasteiger partial charge on any atom is -0.336 e. The van der Waals surface area contributed by atoms with Gasteiger partial charge < -0.3 is 10.6 Å². The summed E-state index contributed by atoms with van der Waals surface area (Å²) >= 11 is 1.78. The fourth-order valence-corrected chi connectivity index (χ4v) is 2.40. The van der Waals surface area contributed by atoms with Gasteiger partial charge in [0.15, 0.2) is 0 Å². The van der Waals surface area contributed by atoms with Crippen molar-refractivity contribution in [2.75, 3.05) is 6.54 Å². The van der Waals surface area contributed by atoms with Gasteiger partial charge in [0.05, 0.1) is 6.04 Å². The lowest BCUT2D eigenvalue weighted by molar-refractivity contribution is 0.247. The van der Waals surface area contributed by atoms with E-state index in [0.717, 1.165) is 6.42 Å². The maximum Gasteiger partial charge on any atom is 0.315 e. The molecule has 1 aliphatic rings. The molecular formula is C9H12N2OS. The van der Waals surface area contributed by atoms with E-state index in [1.165, 1.54) is 9.75 Å². The predicted octanol–water partition coefficient (Wildman–Crippen LogP) is 1.66. The van der Waals surface area contributed by atoms with E-state index in [9.17, 15) is 4.79 Å². The van der Waals surface area contributed by atoms with Gasteiger partial charge in [-0.1, -0.05) is 6.92 Å². The number of thiophene rings is 1. The Hall–Kier alpha value is -1.03. The maximum absolute atomic E-state index is 10.9. The van der Waals surface area contributed by atoms with E-state index in [0.29, 0.717) is 6.54 Å². The second kappa shape index (κ2) is 3.38. The molecule has 0 aromatic carbocycles. The molecule has 4 heteroatoms. The molecule has 1 aromatic heterocycles. The van der Waals surface area contributed by atoms with Gasteiger partial charge in [-0.15, -0.1) is 11.3 Å². The number of aryl methyl sites for hydroxylation is 1. The van der Waals surface area contributed by atoms with E-state index in [1.807, 2.05) is 0 Å². The molecule has 1 aromatic rings. The highest BCUT2D eigenvalue weighted by molar-refractivity contribution is 7.12. The van der Waals surface area contributed by atoms with Gasteiger partial charge in [-0.05, 0) is 18.6 Å². The first-order valence-corrected chi connectivity index (χ1v) is 5.24. The van der Waals surface area contributed by atoms with Crippen LogP contribution in [0.5, 0.6) is 0 Å². The van der Waals surface area contributed by atoms with Crippen molar-refractivity contribution in [2.24, 2.45) is 0 Å². The van der Waals surface area contributed by atoms with Crippen LogP contribution >= 0.6 is 11.3 Å². The standard InChI is InChI=1S/C9H12N2OS/c1-2-6-3-4-8(13-6)7-5-10-9(12)11-7/h3-4,7H,2,5H2,1H3,(H2,10,11,12). The molecule has 1 unspecified atom stereocenters. The molecule has 13 heavy (non-hydrogen) atoms. The highest BCUT2D eigenvalue weighted by Crippen LogP contribution is 2.24. The highest BCUT2D eigenvalue weighted by Gasteiger charge is 2.22. The van der Waals surface area contributed by atoms with Gasteiger partial charge in [0.2, 0.25) is 0 Å². The van der Waals surface area contributed by atoms with E-state index < -0.39 is 0 Å². The van der Waals surface area contributed by atoms with Crippen molar-refractivity contribution in [3.05, 3.63) is 21.9 Å². The Bertz CT molecular complexity index is 321. The van der Waals surface area contributed by atoms with Crippen molar-refractivity contribution in [2.45, 2.75) is 19.4 Å². The number of urea groups is 1. The Kier molecular flexibility index (Phi) is 2.22. The molecule has 0 radical (unpaired) electrons. The lowest BCUT2D eigenvalue weighted by Gasteiger charge is -2.03. The van der Waals surface area contributed by atoms with Gasteiger partial charge >= 0.3 is 6.03 Å². The number of rotatable bonds is 2. The zero-order chi connectivity index (χ0) is 9.26. The Morgan fingerprint density at radius 2 is 2.46 bits per heavy atom. The summed E-state index contributed by atoms with van der Waals surface area (Å²) in [5.41, 5.74) is 0. The van der Waals surface area contributed by atoms with E-state index in [1.54, 1.807) is 11.3 Å². The van der Waals surface area contributed by atoms with Crippen LogP contribution in [0.4, 0.5) is 4.79 Å². The molecule has 2 heterocycles. The summed E-state index contributed by atoms with van der Waals surface area (Å²) in [6, 6.07) is 4.35. The Morgan fingerprint density at radius 1 is 1.62 bits per heavy atom. The van der Waals surface area contributed by atoms with Crippen molar-refractivity contribution in [3.8, 4) is 0 Å². The normalized spacial score (nSPS) is 21.3. The zero-order valence-corrected chi connectivity index (χ0v) is 8.28. The van der Waals surface area contributed by atoms with Gasteiger partial charge in [-0.3, -0.25) is 0 Å². The predicted molar refractivity (Wildman–Crippen MR) is 53.0 cm³/mol. The van der Waals surface area contributed by atoms with E-state index in [2.05, 4.69) is 29.7 Å². The van der Waals surface area contributed by atoms with Crippen molar-refractivity contribution >= 4 is 17.4 Å². The smallest absolute Gasteiger partial charge is 0.315 e. The summed E-state index contributed by atoms with van der Waals surface area (Å²) in [4.78, 5) is 13.5. The molecule has 70 valence electrons. The molecule has 0 aliphatic carbocycles. The van der Waals surface area contributed by atoms with Crippen molar-refractivity contribution < 1.29 is 4.79 Å². The summed E-state index contributed by atoms with van der Waals surface area (Å²) in [6.07, 6.45) is 1.07. The first-order chi connectivity index (χ1) is 6.29. The Balaban J connectivity index is 2.12. The lowest BCUT2D eigenvalue weighted by Crippen LogP contribution is -2.21. The summed E-state index contributed by atoms with van der Waals surface area (Å²) in [5, 5.41) is 5.62. The van der Waals surface area contributed by atoms with Crippen molar-refractivity contribution in [1.82, 2.24) is 10.6 Å². The molecule has 0 saturated carbocycles. The second-order valence-electron chi connectivity index (χ2n) is 3.06. The average molecular weight is 196 g/mol. The van der Waals surface area contributed by atoms with Crippen LogP contribution in [-0.4, -0.2) is 12.6 Å². The van der Waals surface area contributed by atoms with Crippen LogP contribution in [-0.2, 0) is 6.42 Å². The number of hydrogen-bond acceptors (Lipinski definition) is 2. The minimum atomic E-state index is -0.0588. The second-order valence-corrected chi connectivity index (χ2v) is 4.26. The van der Waals surface area contributed by atoms with E-state index >= 15 is 0 Å². The summed E-state index contributed by atoms with van der Waals surface area (Å²) in [6.45, 7) is 2.85. The van der Waals surface area contributed by atoms with Crippen LogP contribution in [0, 0.1) is 0 Å². The molecule has 2 N–H and O–H groups in total. The molecule has 1 saturated heterocycles. The van der Waals surface area contributed by atoms with Crippen LogP contribution < -0.4 is 10.6 Å². The molecule has 2 rings (SSSR count). The average Bonchev–Trinajstić information content (AvgIpc) is 2.71. The molecule has 3 nitrogen and oxygen atoms in total. The first kappa shape index (κ1) is 8.56. The highest BCUT2D eigenvalue weighted by atomic mass is 32.1. The first-order valence-electron chi connectivity index (χ1n) is 4.42. The van der Waals surface area contributed by atoms with Gasteiger partial charge in [0, 0.05) is 16.3 Å². The maximum atomic E-state index is 10.9. The third-order valence-corrected chi connectivity index (χ3v) is 3.49. The number of amides is 2. The van der Waals surface area contributed by atoms with Gasteiger partial charge in [0.1, 0.15) is 0 Å². The summed E-state index contributed by atoms with van der Waals surface area (Å²) in [7, 11) is 0. The zero-order valence-electron chi connectivity index (χ0n) is 7.46. The van der Waals surface area contributed by atoms with Gasteiger partial charge in [-0.25, -0.2) is 4.79 Å². The van der Waals surface area contributed by atoms with E-state index in [-0.39, 0.29) is 12.1 Å². The number of hydrogen-bond donors (Lipinski definition) is 2. The number of carbonyl (C=O) groups is 1. The monoisotopic (exact) mass is 196 g/mol. The number of carbonyl (C=O) groups excluding carboxylic acids is 1. The summed E-state index contributed by atoms with van der Waals surface area (Å²) < 4.78 is 0. The van der Waals surface area contributed by atoms with Crippen LogP contribution in [0.3, 0.4) is 0 Å². The van der Waals surface area contributed by atoms with E-state index in [4.69, 9.17) is 0 Å². The number of nitrogens with one attached hydrogen (secondary N) is 2. The Labute approximate surface area is 81.2 Å². The quantitative estimate of drug-likeness (QED) is 0.742. The molecule has 1 fully saturated rings. The van der Waals surface area contributed by atoms with Crippen LogP contribution in [0.2, 0.25) is 0 Å². The van der Waals surface area contributed by atoms with Crippen LogP contribution in [0.1, 0.15) is 22.7 Å². The van der Waals surface area contributed by atoms with Crippen LogP contribution in [0.25, 0.3) is 0 Å². The van der Waals surface area contributed by atoms with Gasteiger partial charge in [-0.2, -0.15) is 0 Å². The molecule has 0 spiro atoms. The largest absolute Gasteiger partial charge is 0.336 e. The fourth-order valence-electron chi connectivity index (χ4n) is 1.40. The molecule has 1 aliphatic heterocycles. The molecular weight excluding hydrogens is 184 g/mol.